The van der Waals surface area contributed by atoms with Crippen LogP contribution in [0.3, 0.4) is 0 Å². The highest BCUT2D eigenvalue weighted by Crippen LogP contribution is 2.39. The Morgan fingerprint density at radius 1 is 1.55 bits per heavy atom. The Morgan fingerprint density at radius 3 is 2.82 bits per heavy atom. The van der Waals surface area contributed by atoms with Crippen LogP contribution < -0.4 is 10.1 Å². The molecule has 0 bridgehead atoms. The third kappa shape index (κ3) is 4.14. The molecule has 1 atom stereocenters. The van der Waals surface area contributed by atoms with Gasteiger partial charge in [-0.25, -0.2) is 4.39 Å². The lowest BCUT2D eigenvalue weighted by atomic mass is 9.75. The summed E-state index contributed by atoms with van der Waals surface area (Å²) in [5, 5.41) is 12.5. The number of hydrogen-bond acceptors (Lipinski definition) is 4. The van der Waals surface area contributed by atoms with E-state index in [0.717, 1.165) is 5.75 Å². The average molecular weight is 327 g/mol. The first-order valence-electron chi connectivity index (χ1n) is 7.35. The predicted molar refractivity (Wildman–Crippen MR) is 85.6 cm³/mol. The number of hydrogen-bond donors (Lipinski definition) is 2. The molecular formula is C16H22FNO3S. The van der Waals surface area contributed by atoms with E-state index in [1.807, 2.05) is 6.26 Å². The maximum absolute atomic E-state index is 13.9. The second kappa shape index (κ2) is 7.83. The second-order valence-corrected chi connectivity index (χ2v) is 6.55. The van der Waals surface area contributed by atoms with Gasteiger partial charge in [0.15, 0.2) is 11.6 Å². The Hall–Kier alpha value is -1.27. The zero-order valence-electron chi connectivity index (χ0n) is 12.8. The fourth-order valence-corrected chi connectivity index (χ4v) is 3.08. The standard InChI is InChI=1S/C16H22FNO3S/c1-21-14-4-3-10(9-13(14)17)16(11-7-12(19)8-11)18-15(20)5-6-22-2/h3-4,9,11-12,16,19H,5-8H2,1-2H3,(H,18,20)/t11?,12?,16-/m1/s1. The first kappa shape index (κ1) is 17.1. The predicted octanol–water partition coefficient (Wildman–Crippen LogP) is 2.52. The summed E-state index contributed by atoms with van der Waals surface area (Å²) in [4.78, 5) is 12.0. The summed E-state index contributed by atoms with van der Waals surface area (Å²) in [5.41, 5.74) is 0.715. The number of thioether (sulfide) groups is 1. The van der Waals surface area contributed by atoms with Crippen molar-refractivity contribution in [3.63, 3.8) is 0 Å². The smallest absolute Gasteiger partial charge is 0.221 e. The average Bonchev–Trinajstić information content (AvgIpc) is 2.47. The molecule has 4 nitrogen and oxygen atoms in total. The Kier molecular flexibility index (Phi) is 6.08. The highest BCUT2D eigenvalue weighted by molar-refractivity contribution is 7.98. The number of methoxy groups -OCH3 is 1. The lowest BCUT2D eigenvalue weighted by Gasteiger charge is -2.38. The Morgan fingerprint density at radius 2 is 2.27 bits per heavy atom. The van der Waals surface area contributed by atoms with E-state index in [1.54, 1.807) is 23.9 Å². The van der Waals surface area contributed by atoms with Crippen LogP contribution in [-0.2, 0) is 4.79 Å². The van der Waals surface area contributed by atoms with Crippen LogP contribution in [0.4, 0.5) is 4.39 Å². The van der Waals surface area contributed by atoms with Gasteiger partial charge in [-0.15, -0.1) is 0 Å². The summed E-state index contributed by atoms with van der Waals surface area (Å²) in [6.07, 6.45) is 3.32. The van der Waals surface area contributed by atoms with Gasteiger partial charge >= 0.3 is 0 Å². The Labute approximate surface area is 134 Å². The highest BCUT2D eigenvalue weighted by Gasteiger charge is 2.35. The van der Waals surface area contributed by atoms with Gasteiger partial charge in [0, 0.05) is 12.2 Å². The topological polar surface area (TPSA) is 58.6 Å². The largest absolute Gasteiger partial charge is 0.494 e. The van der Waals surface area contributed by atoms with Crippen molar-refractivity contribution in [2.75, 3.05) is 19.1 Å². The van der Waals surface area contributed by atoms with Crippen molar-refractivity contribution in [2.45, 2.75) is 31.4 Å². The molecule has 122 valence electrons. The number of benzene rings is 1. The minimum Gasteiger partial charge on any atom is -0.494 e. The maximum Gasteiger partial charge on any atom is 0.221 e. The van der Waals surface area contributed by atoms with Crippen LogP contribution in [0.5, 0.6) is 5.75 Å². The molecule has 1 aromatic carbocycles. The van der Waals surface area contributed by atoms with Crippen molar-refractivity contribution < 1.29 is 19.0 Å². The second-order valence-electron chi connectivity index (χ2n) is 5.57. The maximum atomic E-state index is 13.9. The summed E-state index contributed by atoms with van der Waals surface area (Å²) in [6, 6.07) is 4.48. The van der Waals surface area contributed by atoms with Gasteiger partial charge < -0.3 is 15.2 Å². The lowest BCUT2D eigenvalue weighted by molar-refractivity contribution is -0.122. The summed E-state index contributed by atoms with van der Waals surface area (Å²) in [7, 11) is 1.42. The van der Waals surface area contributed by atoms with Crippen LogP contribution in [-0.4, -0.2) is 36.2 Å². The molecule has 0 aliphatic heterocycles. The number of nitrogens with one attached hydrogen (secondary N) is 1. The number of carbonyl (C=O) groups excluding carboxylic acids is 1. The molecule has 0 heterocycles. The third-order valence-corrected chi connectivity index (χ3v) is 4.62. The van der Waals surface area contributed by atoms with E-state index in [1.165, 1.54) is 13.2 Å². The lowest BCUT2D eigenvalue weighted by Crippen LogP contribution is -2.41. The van der Waals surface area contributed by atoms with Crippen molar-refractivity contribution in [1.82, 2.24) is 5.32 Å². The summed E-state index contributed by atoms with van der Waals surface area (Å²) < 4.78 is 18.8. The number of carbonyl (C=O) groups is 1. The molecule has 22 heavy (non-hydrogen) atoms. The molecule has 6 heteroatoms. The van der Waals surface area contributed by atoms with Crippen LogP contribution in [0.2, 0.25) is 0 Å². The van der Waals surface area contributed by atoms with Gasteiger partial charge in [-0.1, -0.05) is 6.07 Å². The van der Waals surface area contributed by atoms with Crippen molar-refractivity contribution >= 4 is 17.7 Å². The molecular weight excluding hydrogens is 305 g/mol. The monoisotopic (exact) mass is 327 g/mol. The molecule has 0 aromatic heterocycles. The molecule has 2 rings (SSSR count). The van der Waals surface area contributed by atoms with Crippen molar-refractivity contribution in [1.29, 1.82) is 0 Å². The Bertz CT molecular complexity index is 520. The number of ether oxygens (including phenoxy) is 1. The van der Waals surface area contributed by atoms with E-state index < -0.39 is 5.82 Å². The fraction of sp³-hybridized carbons (Fsp3) is 0.562. The van der Waals surface area contributed by atoms with Gasteiger partial charge in [-0.3, -0.25) is 4.79 Å². The Balaban J connectivity index is 2.13. The van der Waals surface area contributed by atoms with Gasteiger partial charge in [0.05, 0.1) is 19.3 Å². The molecule has 1 aromatic rings. The van der Waals surface area contributed by atoms with E-state index >= 15 is 0 Å². The first-order valence-corrected chi connectivity index (χ1v) is 8.74. The van der Waals surface area contributed by atoms with Crippen LogP contribution in [0, 0.1) is 11.7 Å². The van der Waals surface area contributed by atoms with Crippen molar-refractivity contribution in [2.24, 2.45) is 5.92 Å². The number of aliphatic hydroxyl groups is 1. The molecule has 0 unspecified atom stereocenters. The van der Waals surface area contributed by atoms with Crippen molar-refractivity contribution in [3.05, 3.63) is 29.6 Å². The zero-order valence-corrected chi connectivity index (χ0v) is 13.7. The van der Waals surface area contributed by atoms with E-state index in [0.29, 0.717) is 24.8 Å². The molecule has 1 saturated carbocycles. The zero-order chi connectivity index (χ0) is 16.1. The number of halogens is 1. The number of amides is 1. The normalized spacial score (nSPS) is 21.8. The van der Waals surface area contributed by atoms with Gasteiger partial charge in [0.25, 0.3) is 0 Å². The molecule has 1 fully saturated rings. The van der Waals surface area contributed by atoms with E-state index in [9.17, 15) is 14.3 Å². The quantitative estimate of drug-likeness (QED) is 0.808. The number of aliphatic hydroxyl groups excluding tert-OH is 1. The molecule has 1 amide bonds. The SMILES string of the molecule is COc1ccc([C@@H](NC(=O)CCSC)C2CC(O)C2)cc1F. The van der Waals surface area contributed by atoms with Gasteiger partial charge in [-0.2, -0.15) is 11.8 Å². The van der Waals surface area contributed by atoms with Crippen LogP contribution in [0.15, 0.2) is 18.2 Å². The first-order chi connectivity index (χ1) is 10.5. The van der Waals surface area contributed by atoms with Crippen LogP contribution in [0.1, 0.15) is 30.9 Å². The summed E-state index contributed by atoms with van der Waals surface area (Å²) >= 11 is 1.61. The molecule has 0 saturated heterocycles. The molecule has 1 aliphatic carbocycles. The number of rotatable bonds is 7. The van der Waals surface area contributed by atoms with Crippen LogP contribution in [0.25, 0.3) is 0 Å². The van der Waals surface area contributed by atoms with Gasteiger partial charge in [0.2, 0.25) is 5.91 Å². The summed E-state index contributed by atoms with van der Waals surface area (Å²) in [6.45, 7) is 0. The molecule has 0 radical (unpaired) electrons. The highest BCUT2D eigenvalue weighted by atomic mass is 32.2. The fourth-order valence-electron chi connectivity index (χ4n) is 2.69. The molecule has 0 spiro atoms. The van der Waals surface area contributed by atoms with Gasteiger partial charge in [0.1, 0.15) is 0 Å². The minimum atomic E-state index is -0.441. The van der Waals surface area contributed by atoms with E-state index in [4.69, 9.17) is 4.74 Å². The van der Waals surface area contributed by atoms with E-state index in [2.05, 4.69) is 5.32 Å². The van der Waals surface area contributed by atoms with Gasteiger partial charge in [-0.05, 0) is 42.7 Å². The van der Waals surface area contributed by atoms with Crippen molar-refractivity contribution in [3.8, 4) is 5.75 Å². The van der Waals surface area contributed by atoms with E-state index in [-0.39, 0.29) is 29.7 Å². The minimum absolute atomic E-state index is 0.0445. The summed E-state index contributed by atoms with van der Waals surface area (Å²) in [5.74, 6) is 0.592. The molecule has 2 N–H and O–H groups in total. The van der Waals surface area contributed by atoms with Crippen LogP contribution >= 0.6 is 11.8 Å². The molecule has 1 aliphatic rings. The third-order valence-electron chi connectivity index (χ3n) is 4.01.